The van der Waals surface area contributed by atoms with Crippen molar-refractivity contribution < 1.29 is 4.42 Å². The summed E-state index contributed by atoms with van der Waals surface area (Å²) >= 11 is 0. The largest absolute Gasteiger partial charge is 0.407 e. The molecule has 0 saturated heterocycles. The second-order valence-corrected chi connectivity index (χ2v) is 3.86. The molecule has 2 aromatic heterocycles. The molecule has 2 aromatic rings. The topological polar surface area (TPSA) is 80.8 Å². The van der Waals surface area contributed by atoms with Crippen LogP contribution in [0.3, 0.4) is 0 Å². The third-order valence-electron chi connectivity index (χ3n) is 2.42. The van der Waals surface area contributed by atoms with Gasteiger partial charge in [-0.05, 0) is 13.0 Å². The molecular formula is C11H18N6O. The summed E-state index contributed by atoms with van der Waals surface area (Å²) in [7, 11) is 0. The molecule has 0 amide bonds. The van der Waals surface area contributed by atoms with Crippen LogP contribution in [0.4, 0.5) is 6.01 Å². The van der Waals surface area contributed by atoms with E-state index in [0.717, 1.165) is 26.1 Å². The van der Waals surface area contributed by atoms with E-state index in [1.807, 2.05) is 17.7 Å². The Bertz CT molecular complexity index is 438. The van der Waals surface area contributed by atoms with Crippen LogP contribution in [0.25, 0.3) is 0 Å². The number of imidazole rings is 1. The Morgan fingerprint density at radius 3 is 3.11 bits per heavy atom. The van der Waals surface area contributed by atoms with Crippen LogP contribution < -0.4 is 10.6 Å². The van der Waals surface area contributed by atoms with Gasteiger partial charge in [-0.15, -0.1) is 5.10 Å². The molecule has 0 aliphatic carbocycles. The highest BCUT2D eigenvalue weighted by Crippen LogP contribution is 2.05. The highest BCUT2D eigenvalue weighted by Gasteiger charge is 2.03. The fraction of sp³-hybridized carbons (Fsp3) is 0.545. The zero-order chi connectivity index (χ0) is 12.6. The van der Waals surface area contributed by atoms with Crippen molar-refractivity contribution in [3.05, 3.63) is 24.6 Å². The van der Waals surface area contributed by atoms with Crippen molar-refractivity contribution in [2.45, 2.75) is 26.4 Å². The maximum atomic E-state index is 5.41. The number of hydrogen-bond acceptors (Lipinski definition) is 6. The fourth-order valence-corrected chi connectivity index (χ4v) is 1.50. The molecule has 2 rings (SSSR count). The quantitative estimate of drug-likeness (QED) is 0.677. The third kappa shape index (κ3) is 3.85. The molecule has 2 N–H and O–H groups in total. The van der Waals surface area contributed by atoms with Crippen LogP contribution in [0.1, 0.15) is 19.2 Å². The first-order chi connectivity index (χ1) is 8.88. The van der Waals surface area contributed by atoms with Gasteiger partial charge >= 0.3 is 6.01 Å². The SMILES string of the molecule is CCNCc1nnc(NCCCn2ccnc2)o1. The summed E-state index contributed by atoms with van der Waals surface area (Å²) in [6.07, 6.45) is 6.50. The number of nitrogens with one attached hydrogen (secondary N) is 2. The van der Waals surface area contributed by atoms with Gasteiger partial charge in [0, 0.05) is 25.5 Å². The van der Waals surface area contributed by atoms with Gasteiger partial charge in [0.05, 0.1) is 12.9 Å². The van der Waals surface area contributed by atoms with Crippen LogP contribution in [-0.2, 0) is 13.1 Å². The van der Waals surface area contributed by atoms with Gasteiger partial charge in [-0.1, -0.05) is 12.0 Å². The van der Waals surface area contributed by atoms with E-state index < -0.39 is 0 Å². The number of aromatic nitrogens is 4. The van der Waals surface area contributed by atoms with Crippen molar-refractivity contribution >= 4 is 6.01 Å². The summed E-state index contributed by atoms with van der Waals surface area (Å²) in [5.74, 6) is 0.606. The minimum Gasteiger partial charge on any atom is -0.407 e. The summed E-state index contributed by atoms with van der Waals surface area (Å²) in [5.41, 5.74) is 0. The van der Waals surface area contributed by atoms with Gasteiger partial charge in [0.25, 0.3) is 0 Å². The van der Waals surface area contributed by atoms with E-state index in [2.05, 4.69) is 25.8 Å². The number of hydrogen-bond donors (Lipinski definition) is 2. The first-order valence-corrected chi connectivity index (χ1v) is 6.11. The Balaban J connectivity index is 1.65. The van der Waals surface area contributed by atoms with Gasteiger partial charge in [0.1, 0.15) is 0 Å². The van der Waals surface area contributed by atoms with Crippen LogP contribution in [0.15, 0.2) is 23.1 Å². The Morgan fingerprint density at radius 1 is 1.39 bits per heavy atom. The van der Waals surface area contributed by atoms with Crippen molar-refractivity contribution in [3.63, 3.8) is 0 Å². The molecule has 0 aromatic carbocycles. The lowest BCUT2D eigenvalue weighted by Crippen LogP contribution is -2.11. The van der Waals surface area contributed by atoms with E-state index in [9.17, 15) is 0 Å². The zero-order valence-corrected chi connectivity index (χ0v) is 10.5. The highest BCUT2D eigenvalue weighted by molar-refractivity contribution is 5.16. The first-order valence-electron chi connectivity index (χ1n) is 6.11. The molecule has 0 aliphatic heterocycles. The highest BCUT2D eigenvalue weighted by atomic mass is 16.4. The Hall–Kier alpha value is -1.89. The van der Waals surface area contributed by atoms with E-state index in [1.165, 1.54) is 0 Å². The lowest BCUT2D eigenvalue weighted by Gasteiger charge is -2.02. The van der Waals surface area contributed by atoms with Gasteiger partial charge in [0.2, 0.25) is 5.89 Å². The summed E-state index contributed by atoms with van der Waals surface area (Å²) in [6, 6.07) is 0.480. The van der Waals surface area contributed by atoms with E-state index in [0.29, 0.717) is 18.5 Å². The second-order valence-electron chi connectivity index (χ2n) is 3.86. The summed E-state index contributed by atoms with van der Waals surface area (Å²) in [6.45, 7) is 5.24. The fourth-order valence-electron chi connectivity index (χ4n) is 1.50. The van der Waals surface area contributed by atoms with E-state index >= 15 is 0 Å². The first kappa shape index (κ1) is 12.6. The van der Waals surface area contributed by atoms with E-state index in [1.54, 1.807) is 12.5 Å². The zero-order valence-electron chi connectivity index (χ0n) is 10.5. The molecule has 0 radical (unpaired) electrons. The number of anilines is 1. The van der Waals surface area contributed by atoms with Crippen molar-refractivity contribution in [2.24, 2.45) is 0 Å². The number of nitrogens with zero attached hydrogens (tertiary/aromatic N) is 4. The molecule has 0 atom stereocenters. The van der Waals surface area contributed by atoms with Crippen molar-refractivity contribution in [2.75, 3.05) is 18.4 Å². The van der Waals surface area contributed by atoms with Gasteiger partial charge in [0.15, 0.2) is 0 Å². The number of aryl methyl sites for hydroxylation is 1. The van der Waals surface area contributed by atoms with Crippen LogP contribution in [0.5, 0.6) is 0 Å². The third-order valence-corrected chi connectivity index (χ3v) is 2.42. The standard InChI is InChI=1S/C11H18N6O/c1-2-12-8-10-15-16-11(18-10)14-4-3-6-17-7-5-13-9-17/h5,7,9,12H,2-4,6,8H2,1H3,(H,14,16). The Kier molecular flexibility index (Phi) is 4.71. The van der Waals surface area contributed by atoms with Crippen LogP contribution >= 0.6 is 0 Å². The smallest absolute Gasteiger partial charge is 0.315 e. The molecule has 2 heterocycles. The molecule has 7 heteroatoms. The normalized spacial score (nSPS) is 10.7. The molecule has 0 spiro atoms. The molecular weight excluding hydrogens is 232 g/mol. The lowest BCUT2D eigenvalue weighted by atomic mass is 10.4. The van der Waals surface area contributed by atoms with Gasteiger partial charge < -0.3 is 19.6 Å². The van der Waals surface area contributed by atoms with Crippen LogP contribution in [0.2, 0.25) is 0 Å². The Labute approximate surface area is 106 Å². The van der Waals surface area contributed by atoms with Crippen molar-refractivity contribution in [1.82, 2.24) is 25.1 Å². The molecule has 0 bridgehead atoms. The van der Waals surface area contributed by atoms with Gasteiger partial charge in [-0.25, -0.2) is 4.98 Å². The minimum atomic E-state index is 0.480. The van der Waals surface area contributed by atoms with Gasteiger partial charge in [-0.3, -0.25) is 0 Å². The molecule has 0 saturated carbocycles. The van der Waals surface area contributed by atoms with Crippen molar-refractivity contribution in [1.29, 1.82) is 0 Å². The molecule has 0 aliphatic rings. The van der Waals surface area contributed by atoms with Crippen molar-refractivity contribution in [3.8, 4) is 0 Å². The second kappa shape index (κ2) is 6.75. The minimum absolute atomic E-state index is 0.480. The predicted molar refractivity (Wildman–Crippen MR) is 67.0 cm³/mol. The molecule has 0 unspecified atom stereocenters. The van der Waals surface area contributed by atoms with E-state index in [4.69, 9.17) is 4.42 Å². The predicted octanol–water partition coefficient (Wildman–Crippen LogP) is 0.878. The lowest BCUT2D eigenvalue weighted by molar-refractivity contribution is 0.480. The van der Waals surface area contributed by atoms with Crippen LogP contribution in [0, 0.1) is 0 Å². The molecule has 7 nitrogen and oxygen atoms in total. The monoisotopic (exact) mass is 250 g/mol. The number of rotatable bonds is 8. The van der Waals surface area contributed by atoms with E-state index in [-0.39, 0.29) is 0 Å². The molecule has 98 valence electrons. The summed E-state index contributed by atoms with van der Waals surface area (Å²) in [5, 5.41) is 14.1. The van der Waals surface area contributed by atoms with Gasteiger partial charge in [-0.2, -0.15) is 0 Å². The maximum Gasteiger partial charge on any atom is 0.315 e. The summed E-state index contributed by atoms with van der Waals surface area (Å²) < 4.78 is 7.44. The molecule has 0 fully saturated rings. The average Bonchev–Trinajstić information content (AvgIpc) is 3.04. The Morgan fingerprint density at radius 2 is 2.33 bits per heavy atom. The molecule has 18 heavy (non-hydrogen) atoms. The van der Waals surface area contributed by atoms with Crippen LogP contribution in [-0.4, -0.2) is 32.8 Å². The maximum absolute atomic E-state index is 5.41. The summed E-state index contributed by atoms with van der Waals surface area (Å²) in [4.78, 5) is 3.99. The average molecular weight is 250 g/mol.